The van der Waals surface area contributed by atoms with Gasteiger partial charge >= 0.3 is 5.97 Å². The fraction of sp³-hybridized carbons (Fsp3) is 0.368. The van der Waals surface area contributed by atoms with Gasteiger partial charge in [-0.05, 0) is 20.8 Å². The average Bonchev–Trinajstić information content (AvgIpc) is 2.49. The first-order chi connectivity index (χ1) is 11.1. The molecule has 0 bridgehead atoms. The highest BCUT2D eigenvalue weighted by atomic mass is 16.6. The van der Waals surface area contributed by atoms with Crippen LogP contribution in [0.25, 0.3) is 0 Å². The Morgan fingerprint density at radius 2 is 1.96 bits per heavy atom. The second-order valence-electron chi connectivity index (χ2n) is 6.86. The van der Waals surface area contributed by atoms with E-state index in [9.17, 15) is 14.7 Å². The number of likely N-dealkylation sites (N-methyl/N-ethyl adjacent to an activating group) is 1. The maximum Gasteiger partial charge on any atom is 0.334 e. The minimum absolute atomic E-state index is 0.0706. The Labute approximate surface area is 142 Å². The molecule has 5 nitrogen and oxygen atoms in total. The van der Waals surface area contributed by atoms with Crippen LogP contribution in [0.3, 0.4) is 0 Å². The number of carbonyl (C=O) groups is 2. The van der Waals surface area contributed by atoms with E-state index in [4.69, 9.17) is 4.74 Å². The van der Waals surface area contributed by atoms with Gasteiger partial charge in [0.15, 0.2) is 5.78 Å². The maximum atomic E-state index is 12.2. The van der Waals surface area contributed by atoms with E-state index in [2.05, 4.69) is 11.9 Å². The van der Waals surface area contributed by atoms with Crippen molar-refractivity contribution in [1.82, 2.24) is 5.32 Å². The molecule has 1 aromatic rings. The van der Waals surface area contributed by atoms with Crippen LogP contribution in [0.15, 0.2) is 48.2 Å². The third kappa shape index (κ3) is 3.41. The molecule has 0 saturated heterocycles. The SMILES string of the molecule is C=C(CC1(O)C(NC)=CC(=O)c2ccccc21)C(=O)OC(C)(C)C. The van der Waals surface area contributed by atoms with Gasteiger partial charge in [0.25, 0.3) is 0 Å². The van der Waals surface area contributed by atoms with Gasteiger partial charge in [-0.3, -0.25) is 4.79 Å². The lowest BCUT2D eigenvalue weighted by molar-refractivity contribution is -0.150. The molecule has 5 heteroatoms. The predicted molar refractivity (Wildman–Crippen MR) is 91.4 cm³/mol. The smallest absolute Gasteiger partial charge is 0.334 e. The van der Waals surface area contributed by atoms with E-state index in [1.165, 1.54) is 6.08 Å². The molecule has 2 N–H and O–H groups in total. The van der Waals surface area contributed by atoms with Gasteiger partial charge in [-0.15, -0.1) is 0 Å². The van der Waals surface area contributed by atoms with E-state index in [1.54, 1.807) is 52.1 Å². The lowest BCUT2D eigenvalue weighted by Gasteiger charge is -2.35. The van der Waals surface area contributed by atoms with Crippen LogP contribution in [0.1, 0.15) is 43.1 Å². The summed E-state index contributed by atoms with van der Waals surface area (Å²) in [5.41, 5.74) is -0.853. The fourth-order valence-electron chi connectivity index (χ4n) is 2.73. The summed E-state index contributed by atoms with van der Waals surface area (Å²) in [5, 5.41) is 14.1. The van der Waals surface area contributed by atoms with Crippen LogP contribution in [0.4, 0.5) is 0 Å². The summed E-state index contributed by atoms with van der Waals surface area (Å²) in [7, 11) is 1.62. The Hall–Kier alpha value is -2.40. The highest BCUT2D eigenvalue weighted by Gasteiger charge is 2.41. The predicted octanol–water partition coefficient (Wildman–Crippen LogP) is 2.46. The Morgan fingerprint density at radius 3 is 2.54 bits per heavy atom. The molecule has 0 spiro atoms. The first kappa shape index (κ1) is 17.9. The lowest BCUT2D eigenvalue weighted by atomic mass is 9.77. The Balaban J connectivity index is 2.39. The Morgan fingerprint density at radius 1 is 1.33 bits per heavy atom. The zero-order chi connectivity index (χ0) is 18.1. The van der Waals surface area contributed by atoms with Crippen molar-refractivity contribution in [2.75, 3.05) is 7.05 Å². The number of aliphatic hydroxyl groups is 1. The van der Waals surface area contributed by atoms with E-state index >= 15 is 0 Å². The number of hydrogen-bond donors (Lipinski definition) is 2. The van der Waals surface area contributed by atoms with Crippen molar-refractivity contribution in [2.24, 2.45) is 0 Å². The molecular weight excluding hydrogens is 306 g/mol. The molecule has 1 aliphatic rings. The Bertz CT molecular complexity index is 727. The Kier molecular flexibility index (Phi) is 4.67. The van der Waals surface area contributed by atoms with Crippen molar-refractivity contribution in [3.8, 4) is 0 Å². The molecule has 1 aromatic carbocycles. The average molecular weight is 329 g/mol. The molecular formula is C19H23NO4. The number of benzene rings is 1. The molecule has 24 heavy (non-hydrogen) atoms. The van der Waals surface area contributed by atoms with E-state index in [0.29, 0.717) is 16.8 Å². The van der Waals surface area contributed by atoms with Crippen LogP contribution in [0.5, 0.6) is 0 Å². The van der Waals surface area contributed by atoms with Gasteiger partial charge in [0, 0.05) is 36.2 Å². The molecule has 0 heterocycles. The molecule has 1 unspecified atom stereocenters. The van der Waals surface area contributed by atoms with Gasteiger partial charge in [-0.25, -0.2) is 4.79 Å². The van der Waals surface area contributed by atoms with Gasteiger partial charge in [-0.1, -0.05) is 30.8 Å². The van der Waals surface area contributed by atoms with Gasteiger partial charge in [0.2, 0.25) is 0 Å². The number of esters is 1. The number of nitrogens with one attached hydrogen (secondary N) is 1. The standard InChI is InChI=1S/C19H23NO4/c1-12(17(22)24-18(2,3)4)11-19(23)14-9-7-6-8-13(14)15(21)10-16(19)20-5/h6-10,20,23H,1,11H2,2-5H3. The highest BCUT2D eigenvalue weighted by Crippen LogP contribution is 2.39. The summed E-state index contributed by atoms with van der Waals surface area (Å²) in [5.74, 6) is -0.761. The zero-order valence-electron chi connectivity index (χ0n) is 14.5. The fourth-order valence-corrected chi connectivity index (χ4v) is 2.73. The van der Waals surface area contributed by atoms with Gasteiger partial charge in [0.05, 0.1) is 5.70 Å². The van der Waals surface area contributed by atoms with Crippen molar-refractivity contribution in [3.63, 3.8) is 0 Å². The molecule has 0 fully saturated rings. The van der Waals surface area contributed by atoms with Crippen LogP contribution in [-0.4, -0.2) is 29.5 Å². The number of ketones is 1. The van der Waals surface area contributed by atoms with Crippen molar-refractivity contribution in [2.45, 2.75) is 38.4 Å². The van der Waals surface area contributed by atoms with Crippen molar-refractivity contribution >= 4 is 11.8 Å². The van der Waals surface area contributed by atoms with Crippen molar-refractivity contribution in [3.05, 3.63) is 59.3 Å². The van der Waals surface area contributed by atoms with Gasteiger partial charge in [-0.2, -0.15) is 0 Å². The number of carbonyl (C=O) groups excluding carboxylic acids is 2. The molecule has 0 radical (unpaired) electrons. The second kappa shape index (κ2) is 6.24. The van der Waals surface area contributed by atoms with Crippen LogP contribution in [0.2, 0.25) is 0 Å². The number of ether oxygens (including phenoxy) is 1. The topological polar surface area (TPSA) is 75.6 Å². The largest absolute Gasteiger partial charge is 0.457 e. The summed E-state index contributed by atoms with van der Waals surface area (Å²) in [4.78, 5) is 24.4. The molecule has 0 aliphatic heterocycles. The maximum absolute atomic E-state index is 12.2. The first-order valence-corrected chi connectivity index (χ1v) is 7.76. The lowest BCUT2D eigenvalue weighted by Crippen LogP contribution is -2.40. The number of fused-ring (bicyclic) bond motifs is 1. The molecule has 128 valence electrons. The van der Waals surface area contributed by atoms with E-state index in [-0.39, 0.29) is 17.8 Å². The normalized spacial score (nSPS) is 20.0. The summed E-state index contributed by atoms with van der Waals surface area (Å²) >= 11 is 0. The number of rotatable bonds is 4. The van der Waals surface area contributed by atoms with E-state index in [0.717, 1.165) is 0 Å². The minimum Gasteiger partial charge on any atom is -0.457 e. The molecule has 0 aromatic heterocycles. The molecule has 0 saturated carbocycles. The van der Waals surface area contributed by atoms with Crippen LogP contribution >= 0.6 is 0 Å². The first-order valence-electron chi connectivity index (χ1n) is 7.76. The summed E-state index contributed by atoms with van der Waals surface area (Å²) in [6.07, 6.45) is 1.28. The zero-order valence-corrected chi connectivity index (χ0v) is 14.5. The van der Waals surface area contributed by atoms with Crippen molar-refractivity contribution in [1.29, 1.82) is 0 Å². The van der Waals surface area contributed by atoms with Crippen LogP contribution < -0.4 is 5.32 Å². The van der Waals surface area contributed by atoms with Crippen molar-refractivity contribution < 1.29 is 19.4 Å². The third-order valence-electron chi connectivity index (χ3n) is 3.79. The van der Waals surface area contributed by atoms with Crippen LogP contribution in [0, 0.1) is 0 Å². The van der Waals surface area contributed by atoms with Gasteiger partial charge < -0.3 is 15.2 Å². The minimum atomic E-state index is -1.53. The monoisotopic (exact) mass is 329 g/mol. The van der Waals surface area contributed by atoms with E-state index in [1.807, 2.05) is 0 Å². The third-order valence-corrected chi connectivity index (χ3v) is 3.79. The molecule has 0 amide bonds. The second-order valence-corrected chi connectivity index (χ2v) is 6.86. The number of hydrogen-bond acceptors (Lipinski definition) is 5. The summed E-state index contributed by atoms with van der Waals surface area (Å²) in [6, 6.07) is 6.81. The van der Waals surface area contributed by atoms with E-state index < -0.39 is 17.2 Å². The van der Waals surface area contributed by atoms with Gasteiger partial charge in [0.1, 0.15) is 11.2 Å². The summed E-state index contributed by atoms with van der Waals surface area (Å²) < 4.78 is 5.31. The quantitative estimate of drug-likeness (QED) is 0.655. The van der Waals surface area contributed by atoms with Crippen LogP contribution in [-0.2, 0) is 15.1 Å². The number of allylic oxidation sites excluding steroid dienone is 1. The molecule has 1 atom stereocenters. The summed E-state index contributed by atoms with van der Waals surface area (Å²) in [6.45, 7) is 9.06. The highest BCUT2D eigenvalue weighted by molar-refractivity contribution is 6.08. The molecule has 1 aliphatic carbocycles. The molecule has 2 rings (SSSR count).